The van der Waals surface area contributed by atoms with E-state index in [-0.39, 0.29) is 10.3 Å². The summed E-state index contributed by atoms with van der Waals surface area (Å²) in [5, 5.41) is -0.115. The van der Waals surface area contributed by atoms with Crippen molar-refractivity contribution in [3.63, 3.8) is 0 Å². The molecule has 0 aromatic carbocycles. The second-order valence-electron chi connectivity index (χ2n) is 2.77. The molecule has 1 aromatic rings. The summed E-state index contributed by atoms with van der Waals surface area (Å²) in [5.41, 5.74) is 6.16. The van der Waals surface area contributed by atoms with Crippen LogP contribution < -0.4 is 5.73 Å². The van der Waals surface area contributed by atoms with E-state index in [1.54, 1.807) is 6.08 Å². The van der Waals surface area contributed by atoms with Crippen molar-refractivity contribution in [2.24, 2.45) is 5.73 Å². The molecule has 2 nitrogen and oxygen atoms in total. The van der Waals surface area contributed by atoms with Crippen LogP contribution in [0.15, 0.2) is 18.7 Å². The molecule has 0 saturated carbocycles. The minimum absolute atomic E-state index is 0.130. The summed E-state index contributed by atoms with van der Waals surface area (Å²) in [6.07, 6.45) is 2.13. The third-order valence-corrected chi connectivity index (χ3v) is 2.30. The summed E-state index contributed by atoms with van der Waals surface area (Å²) in [7, 11) is 0. The van der Waals surface area contributed by atoms with Crippen LogP contribution in [0, 0.1) is 5.82 Å². The summed E-state index contributed by atoms with van der Waals surface area (Å²) in [6, 6.07) is 0.797. The predicted octanol–water partition coefficient (Wildman–Crippen LogP) is 3.10. The Bertz CT molecular complexity index is 355. The molecule has 1 heterocycles. The minimum atomic E-state index is -0.620. The Morgan fingerprint density at radius 2 is 2.21 bits per heavy atom. The van der Waals surface area contributed by atoms with Gasteiger partial charge in [0.1, 0.15) is 5.15 Å². The van der Waals surface area contributed by atoms with Crippen LogP contribution in [0.1, 0.15) is 18.0 Å². The lowest BCUT2D eigenvalue weighted by atomic mass is 10.1. The Hall–Kier alpha value is -0.640. The molecule has 1 atom stereocenters. The molecule has 0 aliphatic rings. The van der Waals surface area contributed by atoms with E-state index in [1.165, 1.54) is 6.07 Å². The maximum Gasteiger partial charge on any atom is 0.166 e. The van der Waals surface area contributed by atoms with E-state index < -0.39 is 11.9 Å². The molecule has 0 bridgehead atoms. The van der Waals surface area contributed by atoms with Gasteiger partial charge in [-0.3, -0.25) is 0 Å². The van der Waals surface area contributed by atoms with Gasteiger partial charge < -0.3 is 5.73 Å². The molecule has 0 radical (unpaired) electrons. The Labute approximate surface area is 91.5 Å². The second-order valence-corrected chi connectivity index (χ2v) is 3.49. The number of pyridine rings is 1. The van der Waals surface area contributed by atoms with Crippen LogP contribution in [-0.2, 0) is 0 Å². The third-order valence-electron chi connectivity index (χ3n) is 1.73. The maximum atomic E-state index is 13.0. The molecule has 2 N–H and O–H groups in total. The molecule has 14 heavy (non-hydrogen) atoms. The van der Waals surface area contributed by atoms with E-state index in [9.17, 15) is 4.39 Å². The van der Waals surface area contributed by atoms with Gasteiger partial charge in [-0.2, -0.15) is 0 Å². The zero-order valence-electron chi connectivity index (χ0n) is 7.30. The lowest BCUT2D eigenvalue weighted by Crippen LogP contribution is -2.11. The Balaban J connectivity index is 3.08. The lowest BCUT2D eigenvalue weighted by Gasteiger charge is -2.11. The first-order valence-corrected chi connectivity index (χ1v) is 4.69. The van der Waals surface area contributed by atoms with E-state index in [1.807, 2.05) is 0 Å². The van der Waals surface area contributed by atoms with Gasteiger partial charge >= 0.3 is 0 Å². The highest BCUT2D eigenvalue weighted by Crippen LogP contribution is 2.25. The van der Waals surface area contributed by atoms with Gasteiger partial charge in [-0.1, -0.05) is 29.3 Å². The molecule has 0 fully saturated rings. The second kappa shape index (κ2) is 4.73. The molecule has 1 aromatic heterocycles. The fraction of sp³-hybridized carbons (Fsp3) is 0.222. The fourth-order valence-electron chi connectivity index (χ4n) is 1.03. The number of nitrogens with zero attached hydrogens (tertiary/aromatic N) is 1. The number of nitrogens with two attached hydrogens (primary N) is 1. The first-order chi connectivity index (χ1) is 6.56. The van der Waals surface area contributed by atoms with E-state index in [0.717, 1.165) is 0 Å². The highest BCUT2D eigenvalue weighted by atomic mass is 35.5. The topological polar surface area (TPSA) is 38.9 Å². The van der Waals surface area contributed by atoms with Crippen LogP contribution in [0.5, 0.6) is 0 Å². The Kier molecular flexibility index (Phi) is 3.86. The summed E-state index contributed by atoms with van der Waals surface area (Å²) < 4.78 is 13.0. The van der Waals surface area contributed by atoms with Crippen molar-refractivity contribution >= 4 is 23.2 Å². The van der Waals surface area contributed by atoms with Gasteiger partial charge in [-0.05, 0) is 12.5 Å². The van der Waals surface area contributed by atoms with Crippen LogP contribution in [0.3, 0.4) is 0 Å². The van der Waals surface area contributed by atoms with Gasteiger partial charge in [0, 0.05) is 11.6 Å². The number of aromatic nitrogens is 1. The smallest absolute Gasteiger partial charge is 0.166 e. The standard InChI is InChI=1S/C9H9Cl2FN2/c1-2-3-7(13)5-4-6(12)9(11)14-8(5)10/h2,4,7H,1,3,13H2/t7-/m1/s1. The highest BCUT2D eigenvalue weighted by molar-refractivity contribution is 6.33. The Morgan fingerprint density at radius 3 is 2.79 bits per heavy atom. The van der Waals surface area contributed by atoms with E-state index in [4.69, 9.17) is 28.9 Å². The summed E-state index contributed by atoms with van der Waals surface area (Å²) in [5.74, 6) is -0.620. The quantitative estimate of drug-likeness (QED) is 0.645. The van der Waals surface area contributed by atoms with Gasteiger partial charge in [0.15, 0.2) is 11.0 Å². The fourth-order valence-corrected chi connectivity index (χ4v) is 1.49. The molecule has 5 heteroatoms. The average Bonchev–Trinajstić information content (AvgIpc) is 2.11. The van der Waals surface area contributed by atoms with E-state index in [0.29, 0.717) is 12.0 Å². The first kappa shape index (κ1) is 11.4. The van der Waals surface area contributed by atoms with Gasteiger partial charge in [0.05, 0.1) is 0 Å². The van der Waals surface area contributed by atoms with Crippen LogP contribution in [-0.4, -0.2) is 4.98 Å². The minimum Gasteiger partial charge on any atom is -0.324 e. The van der Waals surface area contributed by atoms with Crippen LogP contribution >= 0.6 is 23.2 Å². The zero-order valence-corrected chi connectivity index (χ0v) is 8.82. The van der Waals surface area contributed by atoms with Crippen LogP contribution in [0.4, 0.5) is 4.39 Å². The SMILES string of the molecule is C=CC[C@@H](N)c1cc(F)c(Cl)nc1Cl. The molecule has 0 unspecified atom stereocenters. The van der Waals surface area contributed by atoms with E-state index in [2.05, 4.69) is 11.6 Å². The molecule has 0 saturated heterocycles. The van der Waals surface area contributed by atoms with Gasteiger partial charge in [0.2, 0.25) is 0 Å². The predicted molar refractivity (Wildman–Crippen MR) is 56.0 cm³/mol. The van der Waals surface area contributed by atoms with Crippen molar-refractivity contribution in [1.29, 1.82) is 0 Å². The molecule has 0 aliphatic carbocycles. The molecule has 76 valence electrons. The van der Waals surface area contributed by atoms with Gasteiger partial charge in [-0.15, -0.1) is 6.58 Å². The third kappa shape index (κ3) is 2.44. The van der Waals surface area contributed by atoms with Crippen molar-refractivity contribution in [2.45, 2.75) is 12.5 Å². The molecular weight excluding hydrogens is 226 g/mol. The first-order valence-electron chi connectivity index (χ1n) is 3.94. The Morgan fingerprint density at radius 1 is 1.57 bits per heavy atom. The summed E-state index contributed by atoms with van der Waals surface area (Å²) >= 11 is 11.2. The lowest BCUT2D eigenvalue weighted by molar-refractivity contribution is 0.612. The summed E-state index contributed by atoms with van der Waals surface area (Å²) in [6.45, 7) is 3.53. The van der Waals surface area contributed by atoms with Crippen molar-refractivity contribution in [1.82, 2.24) is 4.98 Å². The molecule has 1 rings (SSSR count). The van der Waals surface area contributed by atoms with Crippen molar-refractivity contribution in [3.8, 4) is 0 Å². The number of hydrogen-bond donors (Lipinski definition) is 1. The molecule has 0 spiro atoms. The number of rotatable bonds is 3. The molecular formula is C9H9Cl2FN2. The van der Waals surface area contributed by atoms with Crippen molar-refractivity contribution in [3.05, 3.63) is 40.4 Å². The number of halogens is 3. The van der Waals surface area contributed by atoms with Crippen LogP contribution in [0.2, 0.25) is 10.3 Å². The highest BCUT2D eigenvalue weighted by Gasteiger charge is 2.13. The van der Waals surface area contributed by atoms with Crippen LogP contribution in [0.25, 0.3) is 0 Å². The monoisotopic (exact) mass is 234 g/mol. The average molecular weight is 235 g/mol. The van der Waals surface area contributed by atoms with E-state index >= 15 is 0 Å². The van der Waals surface area contributed by atoms with Gasteiger partial charge in [-0.25, -0.2) is 9.37 Å². The zero-order chi connectivity index (χ0) is 10.7. The van der Waals surface area contributed by atoms with Crippen molar-refractivity contribution < 1.29 is 4.39 Å². The molecule has 0 aliphatic heterocycles. The maximum absolute atomic E-state index is 13.0. The normalized spacial score (nSPS) is 12.6. The van der Waals surface area contributed by atoms with Gasteiger partial charge in [0.25, 0.3) is 0 Å². The number of hydrogen-bond acceptors (Lipinski definition) is 2. The molecule has 0 amide bonds. The van der Waals surface area contributed by atoms with Crippen molar-refractivity contribution in [2.75, 3.05) is 0 Å². The largest absolute Gasteiger partial charge is 0.324 e. The summed E-state index contributed by atoms with van der Waals surface area (Å²) in [4.78, 5) is 3.62.